The molecule has 30 heavy (non-hydrogen) atoms. The number of ether oxygens (including phenoxy) is 1. The van der Waals surface area contributed by atoms with Crippen LogP contribution in [-0.4, -0.2) is 38.3 Å². The lowest BCUT2D eigenvalue weighted by molar-refractivity contribution is -0.126. The van der Waals surface area contributed by atoms with Crippen LogP contribution in [0, 0.1) is 5.92 Å². The first-order chi connectivity index (χ1) is 14.3. The van der Waals surface area contributed by atoms with E-state index in [9.17, 15) is 13.2 Å². The third-order valence-electron chi connectivity index (χ3n) is 5.03. The second-order valence-corrected chi connectivity index (χ2v) is 9.83. The number of hydrogen-bond donors (Lipinski definition) is 1. The van der Waals surface area contributed by atoms with Crippen LogP contribution < -0.4 is 10.1 Å². The Morgan fingerprint density at radius 1 is 1.10 bits per heavy atom. The molecule has 0 aromatic heterocycles. The minimum atomic E-state index is -3.77. The molecule has 2 aromatic rings. The zero-order valence-corrected chi connectivity index (χ0v) is 18.9. The molecule has 0 atom stereocenters. The smallest absolute Gasteiger partial charge is 0.246 e. The first-order valence-corrected chi connectivity index (χ1v) is 12.0. The Kier molecular flexibility index (Phi) is 7.63. The number of amides is 1. The summed E-state index contributed by atoms with van der Waals surface area (Å²) in [5, 5.41) is 3.89. The molecular formula is C21H24Cl2N2O4S. The molecule has 0 saturated carbocycles. The molecule has 2 aromatic carbocycles. The van der Waals surface area contributed by atoms with Crippen molar-refractivity contribution in [2.24, 2.45) is 5.92 Å². The summed E-state index contributed by atoms with van der Waals surface area (Å²) in [4.78, 5) is 12.6. The lowest BCUT2D eigenvalue weighted by atomic mass is 9.97. The van der Waals surface area contributed by atoms with E-state index >= 15 is 0 Å². The SMILES string of the molecule is CCOc1ccc(Cl)cc1S(=O)(=O)N1CCC(C(=O)NCc2ccc(Cl)cc2)CC1. The first-order valence-electron chi connectivity index (χ1n) is 9.76. The van der Waals surface area contributed by atoms with Crippen LogP contribution in [0.5, 0.6) is 5.75 Å². The van der Waals surface area contributed by atoms with Crippen LogP contribution in [0.1, 0.15) is 25.3 Å². The summed E-state index contributed by atoms with van der Waals surface area (Å²) < 4.78 is 33.1. The van der Waals surface area contributed by atoms with Gasteiger partial charge in [-0.25, -0.2) is 8.42 Å². The summed E-state index contributed by atoms with van der Waals surface area (Å²) in [5.41, 5.74) is 0.956. The highest BCUT2D eigenvalue weighted by Crippen LogP contribution is 2.32. The molecule has 1 aliphatic heterocycles. The van der Waals surface area contributed by atoms with Gasteiger partial charge in [-0.3, -0.25) is 4.79 Å². The molecule has 1 amide bonds. The molecule has 0 spiro atoms. The molecule has 0 aliphatic carbocycles. The van der Waals surface area contributed by atoms with Crippen molar-refractivity contribution in [3.8, 4) is 5.75 Å². The molecule has 6 nitrogen and oxygen atoms in total. The van der Waals surface area contributed by atoms with Crippen molar-refractivity contribution in [2.45, 2.75) is 31.2 Å². The van der Waals surface area contributed by atoms with E-state index in [0.29, 0.717) is 36.0 Å². The van der Waals surface area contributed by atoms with E-state index in [1.165, 1.54) is 10.4 Å². The molecule has 1 fully saturated rings. The Hall–Kier alpha value is -1.80. The van der Waals surface area contributed by atoms with E-state index in [1.807, 2.05) is 12.1 Å². The molecule has 1 heterocycles. The van der Waals surface area contributed by atoms with E-state index < -0.39 is 10.0 Å². The lowest BCUT2D eigenvalue weighted by Gasteiger charge is -2.31. The van der Waals surface area contributed by atoms with Gasteiger partial charge in [0.1, 0.15) is 10.6 Å². The van der Waals surface area contributed by atoms with Crippen LogP contribution in [-0.2, 0) is 21.4 Å². The quantitative estimate of drug-likeness (QED) is 0.660. The number of benzene rings is 2. The summed E-state index contributed by atoms with van der Waals surface area (Å²) in [6.45, 7) is 3.08. The highest BCUT2D eigenvalue weighted by molar-refractivity contribution is 7.89. The lowest BCUT2D eigenvalue weighted by Crippen LogP contribution is -2.42. The fourth-order valence-electron chi connectivity index (χ4n) is 3.39. The van der Waals surface area contributed by atoms with Gasteiger partial charge in [-0.2, -0.15) is 4.31 Å². The minimum absolute atomic E-state index is 0.0579. The van der Waals surface area contributed by atoms with E-state index in [4.69, 9.17) is 27.9 Å². The molecule has 1 saturated heterocycles. The number of sulfonamides is 1. The monoisotopic (exact) mass is 470 g/mol. The predicted octanol–water partition coefficient (Wildman–Crippen LogP) is 4.11. The van der Waals surface area contributed by atoms with Crippen molar-refractivity contribution < 1.29 is 17.9 Å². The van der Waals surface area contributed by atoms with Crippen molar-refractivity contribution in [1.82, 2.24) is 9.62 Å². The van der Waals surface area contributed by atoms with Crippen LogP contribution in [0.2, 0.25) is 10.0 Å². The molecule has 0 radical (unpaired) electrons. The Morgan fingerprint density at radius 2 is 1.73 bits per heavy atom. The Balaban J connectivity index is 1.61. The van der Waals surface area contributed by atoms with Gasteiger partial charge in [-0.05, 0) is 55.7 Å². The molecule has 3 rings (SSSR count). The van der Waals surface area contributed by atoms with Crippen molar-refractivity contribution in [2.75, 3.05) is 19.7 Å². The van der Waals surface area contributed by atoms with Crippen molar-refractivity contribution in [3.05, 3.63) is 58.1 Å². The molecule has 1 aliphatic rings. The molecule has 9 heteroatoms. The zero-order valence-electron chi connectivity index (χ0n) is 16.6. The van der Waals surface area contributed by atoms with Gasteiger partial charge in [0, 0.05) is 35.6 Å². The maximum absolute atomic E-state index is 13.1. The Morgan fingerprint density at radius 3 is 2.37 bits per heavy atom. The number of carbonyl (C=O) groups excluding carboxylic acids is 1. The fraction of sp³-hybridized carbons (Fsp3) is 0.381. The van der Waals surface area contributed by atoms with Crippen LogP contribution in [0.15, 0.2) is 47.4 Å². The zero-order chi connectivity index (χ0) is 21.7. The van der Waals surface area contributed by atoms with E-state index in [2.05, 4.69) is 5.32 Å². The number of nitrogens with zero attached hydrogens (tertiary/aromatic N) is 1. The Labute approximate surface area is 187 Å². The van der Waals surface area contributed by atoms with Gasteiger partial charge in [-0.15, -0.1) is 0 Å². The third-order valence-corrected chi connectivity index (χ3v) is 7.44. The third kappa shape index (κ3) is 5.46. The number of rotatable bonds is 7. The molecule has 0 bridgehead atoms. The normalized spacial score (nSPS) is 15.7. The van der Waals surface area contributed by atoms with Gasteiger partial charge >= 0.3 is 0 Å². The summed E-state index contributed by atoms with van der Waals surface area (Å²) in [7, 11) is -3.77. The second-order valence-electron chi connectivity index (χ2n) is 7.05. The van der Waals surface area contributed by atoms with Crippen LogP contribution in [0.3, 0.4) is 0 Å². The van der Waals surface area contributed by atoms with Crippen LogP contribution in [0.4, 0.5) is 0 Å². The predicted molar refractivity (Wildman–Crippen MR) is 117 cm³/mol. The number of halogens is 2. The van der Waals surface area contributed by atoms with Crippen molar-refractivity contribution in [1.29, 1.82) is 0 Å². The fourth-order valence-corrected chi connectivity index (χ4v) is 5.38. The van der Waals surface area contributed by atoms with Gasteiger partial charge in [0.05, 0.1) is 6.61 Å². The van der Waals surface area contributed by atoms with E-state index in [0.717, 1.165) is 5.56 Å². The summed E-state index contributed by atoms with van der Waals surface area (Å²) in [6.07, 6.45) is 0.909. The maximum atomic E-state index is 13.1. The first kappa shape index (κ1) is 22.9. The van der Waals surface area contributed by atoms with E-state index in [1.54, 1.807) is 31.2 Å². The highest BCUT2D eigenvalue weighted by Gasteiger charge is 2.33. The van der Waals surface area contributed by atoms with Gasteiger partial charge in [0.2, 0.25) is 15.9 Å². The maximum Gasteiger partial charge on any atom is 0.246 e. The highest BCUT2D eigenvalue weighted by atomic mass is 35.5. The van der Waals surface area contributed by atoms with Gasteiger partial charge in [0.15, 0.2) is 0 Å². The van der Waals surface area contributed by atoms with Crippen molar-refractivity contribution in [3.63, 3.8) is 0 Å². The largest absolute Gasteiger partial charge is 0.492 e. The van der Waals surface area contributed by atoms with Crippen molar-refractivity contribution >= 4 is 39.1 Å². The number of nitrogens with one attached hydrogen (secondary N) is 1. The van der Waals surface area contributed by atoms with E-state index in [-0.39, 0.29) is 35.6 Å². The van der Waals surface area contributed by atoms with Gasteiger partial charge in [-0.1, -0.05) is 35.3 Å². The molecule has 1 N–H and O–H groups in total. The molecule has 0 unspecified atom stereocenters. The van der Waals surface area contributed by atoms with Crippen LogP contribution >= 0.6 is 23.2 Å². The number of piperidine rings is 1. The number of hydrogen-bond acceptors (Lipinski definition) is 4. The summed E-state index contributed by atoms with van der Waals surface area (Å²) in [5.74, 6) is -0.0148. The number of carbonyl (C=O) groups is 1. The molecule has 162 valence electrons. The van der Waals surface area contributed by atoms with Gasteiger partial charge in [0.25, 0.3) is 0 Å². The Bertz CT molecular complexity index is 989. The minimum Gasteiger partial charge on any atom is -0.492 e. The second kappa shape index (κ2) is 10.0. The van der Waals surface area contributed by atoms with Crippen LogP contribution in [0.25, 0.3) is 0 Å². The van der Waals surface area contributed by atoms with Gasteiger partial charge < -0.3 is 10.1 Å². The average molecular weight is 471 g/mol. The topological polar surface area (TPSA) is 75.7 Å². The summed E-state index contributed by atoms with van der Waals surface area (Å²) >= 11 is 11.9. The standard InChI is InChI=1S/C21H24Cl2N2O4S/c1-2-29-19-8-7-18(23)13-20(19)30(27,28)25-11-9-16(10-12-25)21(26)24-14-15-3-5-17(22)6-4-15/h3-8,13,16H,2,9-12,14H2,1H3,(H,24,26). The molecular weight excluding hydrogens is 447 g/mol. The summed E-state index contributed by atoms with van der Waals surface area (Å²) in [6, 6.07) is 11.8. The average Bonchev–Trinajstić information content (AvgIpc) is 2.74.